The Bertz CT molecular complexity index is 1050. The third-order valence-corrected chi connectivity index (χ3v) is 6.62. The number of nitrogens with one attached hydrogen (secondary N) is 2. The van der Waals surface area contributed by atoms with Crippen LogP contribution in [0, 0.1) is 0 Å². The molecule has 3 N–H and O–H groups in total. The first-order valence-corrected chi connectivity index (χ1v) is 10.7. The number of pyridine rings is 1. The van der Waals surface area contributed by atoms with Crippen molar-refractivity contribution in [1.29, 1.82) is 0 Å². The minimum atomic E-state index is -3.65. The van der Waals surface area contributed by atoms with Crippen molar-refractivity contribution in [3.63, 3.8) is 0 Å². The van der Waals surface area contributed by atoms with Gasteiger partial charge in [0.05, 0.1) is 11.5 Å². The van der Waals surface area contributed by atoms with Gasteiger partial charge in [0.25, 0.3) is 0 Å². The lowest BCUT2D eigenvalue weighted by Gasteiger charge is -2.14. The Balaban J connectivity index is 1.65. The van der Waals surface area contributed by atoms with Crippen LogP contribution < -0.4 is 4.72 Å². The number of H-pyrrole nitrogens is 1. The van der Waals surface area contributed by atoms with Crippen LogP contribution in [0.5, 0.6) is 0 Å². The number of aliphatic hydroxyl groups is 1. The number of hydrogen-bond acceptors (Lipinski definition) is 4. The number of aromatic amines is 1. The van der Waals surface area contributed by atoms with E-state index in [-0.39, 0.29) is 11.5 Å². The van der Waals surface area contributed by atoms with Gasteiger partial charge in [-0.3, -0.25) is 0 Å². The van der Waals surface area contributed by atoms with Gasteiger partial charge in [0, 0.05) is 23.3 Å². The summed E-state index contributed by atoms with van der Waals surface area (Å²) in [6, 6.07) is 10.5. The Morgan fingerprint density at radius 2 is 2.00 bits per heavy atom. The number of aliphatic hydroxyl groups excluding tert-OH is 1. The topological polar surface area (TPSA) is 95.1 Å². The predicted molar refractivity (Wildman–Crippen MR) is 105 cm³/mol. The van der Waals surface area contributed by atoms with E-state index in [4.69, 9.17) is 0 Å². The van der Waals surface area contributed by atoms with Crippen molar-refractivity contribution in [3.05, 3.63) is 48.3 Å². The molecule has 0 aliphatic heterocycles. The Morgan fingerprint density at radius 1 is 1.26 bits per heavy atom. The van der Waals surface area contributed by atoms with Gasteiger partial charge in [0.15, 0.2) is 0 Å². The van der Waals surface area contributed by atoms with E-state index in [1.807, 2.05) is 25.1 Å². The Kier molecular flexibility index (Phi) is 4.75. The molecular formula is C20H23N3O3S. The third kappa shape index (κ3) is 3.63. The zero-order valence-electron chi connectivity index (χ0n) is 15.1. The first-order chi connectivity index (χ1) is 13.0. The van der Waals surface area contributed by atoms with Gasteiger partial charge in [-0.2, -0.15) is 0 Å². The highest BCUT2D eigenvalue weighted by molar-refractivity contribution is 7.89. The lowest BCUT2D eigenvalue weighted by Crippen LogP contribution is -2.36. The molecule has 3 aromatic rings. The molecule has 4 rings (SSSR count). The molecule has 27 heavy (non-hydrogen) atoms. The van der Waals surface area contributed by atoms with E-state index >= 15 is 0 Å². The largest absolute Gasteiger partial charge is 0.395 e. The summed E-state index contributed by atoms with van der Waals surface area (Å²) in [6.45, 7) is 1.60. The number of aromatic nitrogens is 2. The second-order valence-corrected chi connectivity index (χ2v) is 8.77. The summed E-state index contributed by atoms with van der Waals surface area (Å²) in [5, 5.41) is 10.3. The van der Waals surface area contributed by atoms with Crippen LogP contribution in [0.4, 0.5) is 0 Å². The maximum atomic E-state index is 12.5. The van der Waals surface area contributed by atoms with E-state index in [0.717, 1.165) is 22.2 Å². The van der Waals surface area contributed by atoms with Crippen LogP contribution in [0.3, 0.4) is 0 Å². The highest BCUT2D eigenvalue weighted by atomic mass is 32.2. The number of sulfonamides is 1. The molecule has 0 unspecified atom stereocenters. The zero-order valence-corrected chi connectivity index (χ0v) is 16.0. The first-order valence-electron chi connectivity index (χ1n) is 9.23. The van der Waals surface area contributed by atoms with Gasteiger partial charge in [0.1, 0.15) is 5.65 Å². The SMILES string of the molecule is CC[C@H](CO)NS(=O)(=O)c1ccc(-c2ccnc3[nH]c(C4CC4)cc23)cc1. The van der Waals surface area contributed by atoms with Gasteiger partial charge in [-0.05, 0) is 60.6 Å². The summed E-state index contributed by atoms with van der Waals surface area (Å²) in [7, 11) is -3.65. The fourth-order valence-electron chi connectivity index (χ4n) is 3.26. The number of hydrogen-bond donors (Lipinski definition) is 3. The zero-order chi connectivity index (χ0) is 19.0. The minimum Gasteiger partial charge on any atom is -0.395 e. The Labute approximate surface area is 158 Å². The molecule has 142 valence electrons. The minimum absolute atomic E-state index is 0.191. The third-order valence-electron chi connectivity index (χ3n) is 5.08. The Morgan fingerprint density at radius 3 is 2.63 bits per heavy atom. The van der Waals surface area contributed by atoms with Crippen LogP contribution in [-0.4, -0.2) is 36.1 Å². The summed E-state index contributed by atoms with van der Waals surface area (Å²) >= 11 is 0. The van der Waals surface area contributed by atoms with Gasteiger partial charge >= 0.3 is 0 Å². The lowest BCUT2D eigenvalue weighted by molar-refractivity contribution is 0.254. The maximum absolute atomic E-state index is 12.5. The average molecular weight is 385 g/mol. The fraction of sp³-hybridized carbons (Fsp3) is 0.350. The summed E-state index contributed by atoms with van der Waals surface area (Å²) in [5.74, 6) is 0.615. The van der Waals surface area contributed by atoms with Crippen LogP contribution in [0.1, 0.15) is 37.8 Å². The molecule has 6 nitrogen and oxygen atoms in total. The normalized spacial score (nSPS) is 15.9. The van der Waals surface area contributed by atoms with Gasteiger partial charge in [-0.1, -0.05) is 19.1 Å². The molecular weight excluding hydrogens is 362 g/mol. The van der Waals surface area contributed by atoms with E-state index in [2.05, 4.69) is 20.8 Å². The van der Waals surface area contributed by atoms with E-state index in [0.29, 0.717) is 12.3 Å². The molecule has 0 saturated heterocycles. The molecule has 1 aliphatic rings. The van der Waals surface area contributed by atoms with E-state index < -0.39 is 16.1 Å². The van der Waals surface area contributed by atoms with Crippen LogP contribution in [0.25, 0.3) is 22.2 Å². The van der Waals surface area contributed by atoms with E-state index in [1.54, 1.807) is 18.3 Å². The first kappa shape index (κ1) is 18.2. The lowest BCUT2D eigenvalue weighted by atomic mass is 10.0. The monoisotopic (exact) mass is 385 g/mol. The molecule has 1 saturated carbocycles. The van der Waals surface area contributed by atoms with Crippen molar-refractivity contribution < 1.29 is 13.5 Å². The van der Waals surface area contributed by atoms with Crippen LogP contribution >= 0.6 is 0 Å². The van der Waals surface area contributed by atoms with E-state index in [1.165, 1.54) is 18.5 Å². The molecule has 1 aliphatic carbocycles. The predicted octanol–water partition coefficient (Wildman–Crippen LogP) is 3.16. The summed E-state index contributed by atoms with van der Waals surface area (Å²) in [6.07, 6.45) is 4.73. The fourth-order valence-corrected chi connectivity index (χ4v) is 4.57. The highest BCUT2D eigenvalue weighted by Crippen LogP contribution is 2.41. The smallest absolute Gasteiger partial charge is 0.240 e. The summed E-state index contributed by atoms with van der Waals surface area (Å²) < 4.78 is 27.5. The van der Waals surface area contributed by atoms with Gasteiger partial charge in [-0.15, -0.1) is 0 Å². The average Bonchev–Trinajstić information content (AvgIpc) is 3.44. The van der Waals surface area contributed by atoms with Crippen LogP contribution in [-0.2, 0) is 10.0 Å². The molecule has 0 bridgehead atoms. The van der Waals surface area contributed by atoms with Gasteiger partial charge in [-0.25, -0.2) is 18.1 Å². The summed E-state index contributed by atoms with van der Waals surface area (Å²) in [4.78, 5) is 8.01. The number of nitrogens with zero attached hydrogens (tertiary/aromatic N) is 1. The van der Waals surface area contributed by atoms with Gasteiger partial charge in [0.2, 0.25) is 10.0 Å². The van der Waals surface area contributed by atoms with Crippen molar-refractivity contribution in [1.82, 2.24) is 14.7 Å². The summed E-state index contributed by atoms with van der Waals surface area (Å²) in [5.41, 5.74) is 4.06. The molecule has 2 aromatic heterocycles. The number of fused-ring (bicyclic) bond motifs is 1. The van der Waals surface area contributed by atoms with Crippen LogP contribution in [0.2, 0.25) is 0 Å². The van der Waals surface area contributed by atoms with Crippen molar-refractivity contribution in [2.24, 2.45) is 0 Å². The highest BCUT2D eigenvalue weighted by Gasteiger charge is 2.26. The second-order valence-electron chi connectivity index (χ2n) is 7.05. The maximum Gasteiger partial charge on any atom is 0.240 e. The molecule has 0 amide bonds. The standard InChI is InChI=1S/C20H23N3O3S/c1-2-15(12-24)23-27(25,26)16-7-5-13(6-8-16)17-9-10-21-20-18(17)11-19(22-20)14-3-4-14/h5-11,14-15,23-24H,2-4,12H2,1H3,(H,21,22)/t15-/m1/s1. The molecule has 2 heterocycles. The molecule has 1 atom stereocenters. The van der Waals surface area contributed by atoms with Crippen molar-refractivity contribution in [2.75, 3.05) is 6.61 Å². The quantitative estimate of drug-likeness (QED) is 0.582. The molecule has 0 radical (unpaired) electrons. The second kappa shape index (κ2) is 7.07. The number of benzene rings is 1. The van der Waals surface area contributed by atoms with E-state index in [9.17, 15) is 13.5 Å². The molecule has 0 spiro atoms. The molecule has 1 aromatic carbocycles. The Hall–Kier alpha value is -2.22. The van der Waals surface area contributed by atoms with Crippen molar-refractivity contribution in [3.8, 4) is 11.1 Å². The molecule has 1 fully saturated rings. The van der Waals surface area contributed by atoms with Crippen molar-refractivity contribution >= 4 is 21.1 Å². The number of rotatable bonds is 7. The molecule has 7 heteroatoms. The van der Waals surface area contributed by atoms with Gasteiger partial charge < -0.3 is 10.1 Å². The van der Waals surface area contributed by atoms with Crippen molar-refractivity contribution in [2.45, 2.75) is 43.0 Å². The van der Waals surface area contributed by atoms with Crippen LogP contribution in [0.15, 0.2) is 47.5 Å².